The van der Waals surface area contributed by atoms with E-state index in [0.29, 0.717) is 6.42 Å². The van der Waals surface area contributed by atoms with Gasteiger partial charge in [-0.1, -0.05) is 37.6 Å². The van der Waals surface area contributed by atoms with Crippen LogP contribution in [0.5, 0.6) is 0 Å². The van der Waals surface area contributed by atoms with Crippen LogP contribution in [0.3, 0.4) is 0 Å². The van der Waals surface area contributed by atoms with E-state index in [4.69, 9.17) is 4.74 Å². The molecule has 1 aliphatic rings. The fourth-order valence-electron chi connectivity index (χ4n) is 3.06. The van der Waals surface area contributed by atoms with Gasteiger partial charge in [-0.05, 0) is 37.3 Å². The Hall–Kier alpha value is -1.84. The van der Waals surface area contributed by atoms with E-state index in [0.717, 1.165) is 19.3 Å². The zero-order valence-electron chi connectivity index (χ0n) is 12.9. The predicted octanol–water partition coefficient (Wildman–Crippen LogP) is 2.25. The van der Waals surface area contributed by atoms with Gasteiger partial charge < -0.3 is 10.1 Å². The first-order chi connectivity index (χ1) is 10.00. The summed E-state index contributed by atoms with van der Waals surface area (Å²) < 4.78 is 4.84. The highest BCUT2D eigenvalue weighted by molar-refractivity contribution is 5.89. The van der Waals surface area contributed by atoms with Crippen LogP contribution in [0.15, 0.2) is 24.3 Å². The predicted molar refractivity (Wildman–Crippen MR) is 80.8 cm³/mol. The molecule has 4 nitrogen and oxygen atoms in total. The van der Waals surface area contributed by atoms with E-state index in [9.17, 15) is 9.59 Å². The SMILES string of the molecule is CCCC(C)(NC(=O)C1Cc2ccccc2C1)C(=O)OC. The van der Waals surface area contributed by atoms with Crippen molar-refractivity contribution in [1.29, 1.82) is 0 Å². The molecule has 1 amide bonds. The van der Waals surface area contributed by atoms with E-state index >= 15 is 0 Å². The quantitative estimate of drug-likeness (QED) is 0.846. The summed E-state index contributed by atoms with van der Waals surface area (Å²) in [6.07, 6.45) is 2.86. The molecule has 0 saturated carbocycles. The molecule has 0 aliphatic heterocycles. The Kier molecular flexibility index (Phi) is 4.66. The van der Waals surface area contributed by atoms with E-state index in [1.165, 1.54) is 18.2 Å². The van der Waals surface area contributed by atoms with Gasteiger partial charge in [0.05, 0.1) is 7.11 Å². The maximum atomic E-state index is 12.5. The van der Waals surface area contributed by atoms with E-state index in [2.05, 4.69) is 17.4 Å². The average Bonchev–Trinajstić information content (AvgIpc) is 2.90. The Bertz CT molecular complexity index is 516. The average molecular weight is 289 g/mol. The number of nitrogens with one attached hydrogen (secondary N) is 1. The third-order valence-corrected chi connectivity index (χ3v) is 4.21. The Morgan fingerprint density at radius 1 is 1.29 bits per heavy atom. The zero-order valence-corrected chi connectivity index (χ0v) is 12.9. The molecule has 0 aromatic heterocycles. The molecule has 1 aliphatic carbocycles. The maximum Gasteiger partial charge on any atom is 0.331 e. The number of ether oxygens (including phenoxy) is 1. The number of benzene rings is 1. The number of hydrogen-bond donors (Lipinski definition) is 1. The highest BCUT2D eigenvalue weighted by Crippen LogP contribution is 2.27. The first kappa shape index (κ1) is 15.5. The minimum atomic E-state index is -0.935. The van der Waals surface area contributed by atoms with E-state index in [1.807, 2.05) is 19.1 Å². The van der Waals surface area contributed by atoms with Crippen LogP contribution in [0.2, 0.25) is 0 Å². The van der Waals surface area contributed by atoms with Crippen LogP contribution in [0.1, 0.15) is 37.8 Å². The Labute approximate surface area is 125 Å². The van der Waals surface area contributed by atoms with Crippen molar-refractivity contribution in [2.24, 2.45) is 5.92 Å². The van der Waals surface area contributed by atoms with Gasteiger partial charge in [-0.3, -0.25) is 4.79 Å². The highest BCUT2D eigenvalue weighted by Gasteiger charge is 2.38. The van der Waals surface area contributed by atoms with E-state index in [1.54, 1.807) is 6.92 Å². The summed E-state index contributed by atoms with van der Waals surface area (Å²) in [5.74, 6) is -0.538. The van der Waals surface area contributed by atoms with Gasteiger partial charge in [0.1, 0.15) is 5.54 Å². The second-order valence-electron chi connectivity index (χ2n) is 5.94. The highest BCUT2D eigenvalue weighted by atomic mass is 16.5. The number of amides is 1. The van der Waals surface area contributed by atoms with Crippen molar-refractivity contribution in [1.82, 2.24) is 5.32 Å². The molecule has 0 heterocycles. The van der Waals surface area contributed by atoms with Gasteiger partial charge in [-0.15, -0.1) is 0 Å². The van der Waals surface area contributed by atoms with Crippen LogP contribution in [0, 0.1) is 5.92 Å². The molecule has 0 radical (unpaired) electrons. The van der Waals surface area contributed by atoms with Crippen LogP contribution in [0.25, 0.3) is 0 Å². The standard InChI is InChI=1S/C17H23NO3/c1-4-9-17(2,16(20)21-3)18-15(19)14-10-12-7-5-6-8-13(12)11-14/h5-8,14H,4,9-11H2,1-3H3,(H,18,19). The molecule has 1 aromatic carbocycles. The molecule has 114 valence electrons. The van der Waals surface area contributed by atoms with Gasteiger partial charge in [0.15, 0.2) is 0 Å². The van der Waals surface area contributed by atoms with Crippen molar-refractivity contribution in [2.45, 2.75) is 45.1 Å². The molecule has 0 bridgehead atoms. The Balaban J connectivity index is 2.06. The summed E-state index contributed by atoms with van der Waals surface area (Å²) >= 11 is 0. The fourth-order valence-corrected chi connectivity index (χ4v) is 3.06. The van der Waals surface area contributed by atoms with Gasteiger partial charge in [0.25, 0.3) is 0 Å². The van der Waals surface area contributed by atoms with Crippen LogP contribution in [-0.4, -0.2) is 24.5 Å². The van der Waals surface area contributed by atoms with Crippen molar-refractivity contribution in [3.63, 3.8) is 0 Å². The van der Waals surface area contributed by atoms with Crippen molar-refractivity contribution < 1.29 is 14.3 Å². The summed E-state index contributed by atoms with van der Waals surface area (Å²) in [4.78, 5) is 24.5. The third kappa shape index (κ3) is 3.26. The minimum Gasteiger partial charge on any atom is -0.467 e. The maximum absolute atomic E-state index is 12.5. The normalized spacial score (nSPS) is 16.9. The van der Waals surface area contributed by atoms with Crippen LogP contribution in [-0.2, 0) is 27.2 Å². The van der Waals surface area contributed by atoms with Crippen molar-refractivity contribution in [2.75, 3.05) is 7.11 Å². The van der Waals surface area contributed by atoms with Gasteiger partial charge in [0.2, 0.25) is 5.91 Å². The monoisotopic (exact) mass is 289 g/mol. The van der Waals surface area contributed by atoms with Gasteiger partial charge >= 0.3 is 5.97 Å². The molecule has 1 N–H and O–H groups in total. The lowest BCUT2D eigenvalue weighted by Gasteiger charge is -2.28. The number of hydrogen-bond acceptors (Lipinski definition) is 3. The lowest BCUT2D eigenvalue weighted by Crippen LogP contribution is -2.54. The molecule has 0 spiro atoms. The molecule has 1 aromatic rings. The lowest BCUT2D eigenvalue weighted by atomic mass is 9.94. The smallest absolute Gasteiger partial charge is 0.331 e. The molecule has 4 heteroatoms. The molecule has 0 saturated heterocycles. The van der Waals surface area contributed by atoms with Crippen LogP contribution < -0.4 is 5.32 Å². The number of carbonyl (C=O) groups is 2. The largest absolute Gasteiger partial charge is 0.467 e. The molecule has 1 atom stereocenters. The summed E-state index contributed by atoms with van der Waals surface area (Å²) in [6.45, 7) is 3.72. The summed E-state index contributed by atoms with van der Waals surface area (Å²) in [7, 11) is 1.35. The second kappa shape index (κ2) is 6.29. The van der Waals surface area contributed by atoms with Crippen molar-refractivity contribution in [3.05, 3.63) is 35.4 Å². The zero-order chi connectivity index (χ0) is 15.5. The first-order valence-corrected chi connectivity index (χ1v) is 7.47. The summed E-state index contributed by atoms with van der Waals surface area (Å²) in [6, 6.07) is 8.12. The molecular formula is C17H23NO3. The topological polar surface area (TPSA) is 55.4 Å². The minimum absolute atomic E-state index is 0.0625. The summed E-state index contributed by atoms with van der Waals surface area (Å²) in [5, 5.41) is 2.91. The molecule has 2 rings (SSSR count). The number of fused-ring (bicyclic) bond motifs is 1. The lowest BCUT2D eigenvalue weighted by molar-refractivity contribution is -0.151. The number of methoxy groups -OCH3 is 1. The van der Waals surface area contributed by atoms with Gasteiger partial charge in [-0.25, -0.2) is 4.79 Å². The number of carbonyl (C=O) groups excluding carboxylic acids is 2. The Morgan fingerprint density at radius 3 is 2.33 bits per heavy atom. The van der Waals surface area contributed by atoms with E-state index < -0.39 is 5.54 Å². The van der Waals surface area contributed by atoms with Crippen LogP contribution >= 0.6 is 0 Å². The third-order valence-electron chi connectivity index (χ3n) is 4.21. The van der Waals surface area contributed by atoms with Gasteiger partial charge in [0, 0.05) is 5.92 Å². The van der Waals surface area contributed by atoms with Gasteiger partial charge in [-0.2, -0.15) is 0 Å². The Morgan fingerprint density at radius 2 is 1.86 bits per heavy atom. The summed E-state index contributed by atoms with van der Waals surface area (Å²) in [5.41, 5.74) is 1.52. The van der Waals surface area contributed by atoms with Crippen LogP contribution in [0.4, 0.5) is 0 Å². The fraction of sp³-hybridized carbons (Fsp3) is 0.529. The molecule has 1 unspecified atom stereocenters. The first-order valence-electron chi connectivity index (χ1n) is 7.47. The molecule has 0 fully saturated rings. The number of esters is 1. The number of rotatable bonds is 5. The van der Waals surface area contributed by atoms with Crippen molar-refractivity contribution >= 4 is 11.9 Å². The second-order valence-corrected chi connectivity index (χ2v) is 5.94. The van der Waals surface area contributed by atoms with E-state index in [-0.39, 0.29) is 17.8 Å². The van der Waals surface area contributed by atoms with Crippen molar-refractivity contribution in [3.8, 4) is 0 Å². The molecule has 21 heavy (non-hydrogen) atoms. The molecular weight excluding hydrogens is 266 g/mol.